The van der Waals surface area contributed by atoms with Gasteiger partial charge in [0.15, 0.2) is 0 Å². The van der Waals surface area contributed by atoms with Gasteiger partial charge in [-0.1, -0.05) is 28.2 Å². The minimum atomic E-state index is 0. The monoisotopic (exact) mass is 158 g/mol. The summed E-state index contributed by atoms with van der Waals surface area (Å²) in [5.41, 5.74) is 1.45. The zero-order valence-electron chi connectivity index (χ0n) is 6.35. The minimum absolute atomic E-state index is 0. The van der Waals surface area contributed by atoms with Crippen molar-refractivity contribution in [2.75, 3.05) is 0 Å². The van der Waals surface area contributed by atoms with Gasteiger partial charge in [0.25, 0.3) is 0 Å². The average molecular weight is 158 g/mol. The lowest BCUT2D eigenvalue weighted by Crippen LogP contribution is -1.66. The fraction of sp³-hybridized carbons (Fsp3) is 0.556. The summed E-state index contributed by atoms with van der Waals surface area (Å²) < 4.78 is 0. The number of hydrogen-bond donors (Lipinski definition) is 0. The van der Waals surface area contributed by atoms with Gasteiger partial charge in [0, 0.05) is 0 Å². The third-order valence-corrected chi connectivity index (χ3v) is 1.72. The molecule has 0 N–H and O–H groups in total. The Morgan fingerprint density at radius 3 is 2.20 bits per heavy atom. The van der Waals surface area contributed by atoms with Gasteiger partial charge in [0.05, 0.1) is 0 Å². The molecule has 0 spiro atoms. The predicted molar refractivity (Wildman–Crippen MR) is 51.8 cm³/mol. The molecule has 1 heterocycles. The van der Waals surface area contributed by atoms with Crippen molar-refractivity contribution in [2.24, 2.45) is 0 Å². The van der Waals surface area contributed by atoms with Crippen LogP contribution in [-0.2, 0) is 6.42 Å². The first-order valence-electron chi connectivity index (χ1n) is 3.44. The van der Waals surface area contributed by atoms with Crippen molar-refractivity contribution >= 4 is 11.3 Å². The summed E-state index contributed by atoms with van der Waals surface area (Å²) in [5, 5.41) is 4.29. The Morgan fingerprint density at radius 1 is 1.40 bits per heavy atom. The number of thiophene rings is 1. The molecule has 1 rings (SSSR count). The topological polar surface area (TPSA) is 0 Å². The predicted octanol–water partition coefficient (Wildman–Crippen LogP) is 3.97. The molecule has 1 aromatic heterocycles. The summed E-state index contributed by atoms with van der Waals surface area (Å²) in [6.45, 7) is 6.17. The van der Waals surface area contributed by atoms with Crippen molar-refractivity contribution < 1.29 is 0 Å². The maximum atomic E-state index is 2.18. The van der Waals surface area contributed by atoms with Crippen LogP contribution in [0.2, 0.25) is 0 Å². The zero-order chi connectivity index (χ0) is 7.11. The van der Waals surface area contributed by atoms with Crippen LogP contribution in [0.1, 0.15) is 33.8 Å². The molecule has 0 bridgehead atoms. The van der Waals surface area contributed by atoms with Crippen LogP contribution in [0.25, 0.3) is 0 Å². The first-order chi connectivity index (χ1) is 4.43. The van der Waals surface area contributed by atoms with E-state index in [-0.39, 0.29) is 7.43 Å². The molecule has 0 fully saturated rings. The summed E-state index contributed by atoms with van der Waals surface area (Å²) in [5.74, 6) is 0. The molecule has 0 amide bonds. The standard InChI is InChI=1S/C6H8S.C2H6.CH4/c1-2-6-3-4-7-5-6;1-2;/h3-5H,2H2,1H3;1-2H3;1H4. The van der Waals surface area contributed by atoms with E-state index in [0.29, 0.717) is 0 Å². The van der Waals surface area contributed by atoms with E-state index in [1.54, 1.807) is 11.3 Å². The largest absolute Gasteiger partial charge is 0.152 e. The van der Waals surface area contributed by atoms with Crippen LogP contribution in [0.3, 0.4) is 0 Å². The Kier molecular flexibility index (Phi) is 10.8. The number of aryl methyl sites for hydroxylation is 1. The molecule has 1 aromatic rings. The van der Waals surface area contributed by atoms with E-state index in [2.05, 4.69) is 23.8 Å². The van der Waals surface area contributed by atoms with Gasteiger partial charge in [-0.05, 0) is 28.8 Å². The van der Waals surface area contributed by atoms with Gasteiger partial charge in [-0.2, -0.15) is 11.3 Å². The van der Waals surface area contributed by atoms with Crippen molar-refractivity contribution in [3.63, 3.8) is 0 Å². The van der Waals surface area contributed by atoms with Crippen molar-refractivity contribution in [2.45, 2.75) is 34.6 Å². The van der Waals surface area contributed by atoms with E-state index in [1.165, 1.54) is 12.0 Å². The smallest absolute Gasteiger partial charge is 0.00614 e. The Labute approximate surface area is 68.9 Å². The van der Waals surface area contributed by atoms with Gasteiger partial charge >= 0.3 is 0 Å². The molecule has 0 nitrogen and oxygen atoms in total. The van der Waals surface area contributed by atoms with E-state index < -0.39 is 0 Å². The summed E-state index contributed by atoms with van der Waals surface area (Å²) in [7, 11) is 0. The fourth-order valence-electron chi connectivity index (χ4n) is 0.494. The quantitative estimate of drug-likeness (QED) is 0.580. The number of rotatable bonds is 1. The molecule has 0 unspecified atom stereocenters. The van der Waals surface area contributed by atoms with Gasteiger partial charge in [0.2, 0.25) is 0 Å². The number of hydrogen-bond acceptors (Lipinski definition) is 1. The Bertz CT molecular complexity index is 119. The highest BCUT2D eigenvalue weighted by molar-refractivity contribution is 7.07. The van der Waals surface area contributed by atoms with E-state index in [0.717, 1.165) is 0 Å². The molecule has 0 aromatic carbocycles. The maximum Gasteiger partial charge on any atom is -0.00614 e. The van der Waals surface area contributed by atoms with Crippen LogP contribution < -0.4 is 0 Å². The van der Waals surface area contributed by atoms with E-state index in [9.17, 15) is 0 Å². The van der Waals surface area contributed by atoms with Crippen LogP contribution in [0.4, 0.5) is 0 Å². The summed E-state index contributed by atoms with van der Waals surface area (Å²) >= 11 is 1.76. The molecule has 0 saturated carbocycles. The lowest BCUT2D eigenvalue weighted by Gasteiger charge is -1.78. The van der Waals surface area contributed by atoms with Gasteiger partial charge in [0.1, 0.15) is 0 Å². The van der Waals surface area contributed by atoms with E-state index in [4.69, 9.17) is 0 Å². The first kappa shape index (κ1) is 12.4. The van der Waals surface area contributed by atoms with Crippen LogP contribution in [-0.4, -0.2) is 0 Å². The Balaban J connectivity index is 0. The molecular formula is C9H18S. The van der Waals surface area contributed by atoms with Crippen molar-refractivity contribution in [3.05, 3.63) is 22.4 Å². The van der Waals surface area contributed by atoms with Crippen LogP contribution in [0.5, 0.6) is 0 Å². The molecular weight excluding hydrogens is 140 g/mol. The second-order valence-electron chi connectivity index (χ2n) is 1.49. The molecule has 0 aliphatic heterocycles. The van der Waals surface area contributed by atoms with Crippen molar-refractivity contribution in [3.8, 4) is 0 Å². The van der Waals surface area contributed by atoms with E-state index in [1.807, 2.05) is 13.8 Å². The lowest BCUT2D eigenvalue weighted by molar-refractivity contribution is 1.16. The molecule has 0 atom stereocenters. The van der Waals surface area contributed by atoms with Crippen molar-refractivity contribution in [1.82, 2.24) is 0 Å². The van der Waals surface area contributed by atoms with Crippen LogP contribution in [0, 0.1) is 0 Å². The third kappa shape index (κ3) is 4.57. The summed E-state index contributed by atoms with van der Waals surface area (Å²) in [6.07, 6.45) is 1.17. The third-order valence-electron chi connectivity index (χ3n) is 0.988. The SMILES string of the molecule is C.CC.CCc1ccsc1. The molecule has 0 aliphatic carbocycles. The second kappa shape index (κ2) is 8.70. The van der Waals surface area contributed by atoms with Crippen molar-refractivity contribution in [1.29, 1.82) is 0 Å². The van der Waals surface area contributed by atoms with Crippen LogP contribution in [0.15, 0.2) is 16.8 Å². The van der Waals surface area contributed by atoms with E-state index >= 15 is 0 Å². The van der Waals surface area contributed by atoms with Gasteiger partial charge in [-0.25, -0.2) is 0 Å². The normalized spacial score (nSPS) is 7.10. The lowest BCUT2D eigenvalue weighted by atomic mass is 10.3. The second-order valence-corrected chi connectivity index (χ2v) is 2.27. The summed E-state index contributed by atoms with van der Waals surface area (Å²) in [6, 6.07) is 2.16. The maximum absolute atomic E-state index is 2.18. The molecule has 60 valence electrons. The highest BCUT2D eigenvalue weighted by atomic mass is 32.1. The minimum Gasteiger partial charge on any atom is -0.152 e. The van der Waals surface area contributed by atoms with Gasteiger partial charge in [-0.3, -0.25) is 0 Å². The molecule has 0 saturated heterocycles. The molecule has 1 heteroatoms. The molecule has 0 aliphatic rings. The zero-order valence-corrected chi connectivity index (χ0v) is 7.16. The highest BCUT2D eigenvalue weighted by Crippen LogP contribution is 2.04. The molecule has 10 heavy (non-hydrogen) atoms. The summed E-state index contributed by atoms with van der Waals surface area (Å²) in [4.78, 5) is 0. The molecule has 0 radical (unpaired) electrons. The Hall–Kier alpha value is -0.300. The highest BCUT2D eigenvalue weighted by Gasteiger charge is 1.82. The average Bonchev–Trinajstić information content (AvgIpc) is 2.43. The van der Waals surface area contributed by atoms with Gasteiger partial charge in [-0.15, -0.1) is 0 Å². The van der Waals surface area contributed by atoms with Gasteiger partial charge < -0.3 is 0 Å². The van der Waals surface area contributed by atoms with Crippen LogP contribution >= 0.6 is 11.3 Å². The fourth-order valence-corrected chi connectivity index (χ4v) is 1.25. The Morgan fingerprint density at radius 2 is 2.00 bits per heavy atom. The first-order valence-corrected chi connectivity index (χ1v) is 4.39.